The molecule has 88 valence electrons. The first-order valence-electron chi connectivity index (χ1n) is 5.39. The quantitative estimate of drug-likeness (QED) is 0.742. The van der Waals surface area contributed by atoms with Crippen molar-refractivity contribution < 1.29 is 8.42 Å². The molecule has 0 saturated carbocycles. The summed E-state index contributed by atoms with van der Waals surface area (Å²) in [5.41, 5.74) is 0.820. The third kappa shape index (κ3) is 1.57. The summed E-state index contributed by atoms with van der Waals surface area (Å²) >= 11 is 0. The van der Waals surface area contributed by atoms with Crippen molar-refractivity contribution in [2.45, 2.75) is 44.2 Å². The van der Waals surface area contributed by atoms with Crippen molar-refractivity contribution >= 4 is 10.0 Å². The Balaban J connectivity index is 2.38. The lowest BCUT2D eigenvalue weighted by Gasteiger charge is -2.08. The molecule has 1 unspecified atom stereocenters. The van der Waals surface area contributed by atoms with Crippen LogP contribution in [0.5, 0.6) is 0 Å². The molecule has 0 spiro atoms. The summed E-state index contributed by atoms with van der Waals surface area (Å²) in [5.74, 6) is 0. The first-order valence-corrected chi connectivity index (χ1v) is 6.83. The molecule has 4 heteroatoms. The van der Waals surface area contributed by atoms with Crippen LogP contribution in [-0.2, 0) is 10.0 Å². The molecule has 0 amide bonds. The van der Waals surface area contributed by atoms with E-state index in [0.29, 0.717) is 4.90 Å². The molecular formula is C12H17NO2S. The molecule has 0 aliphatic carbocycles. The van der Waals surface area contributed by atoms with Gasteiger partial charge in [-0.25, -0.2) is 8.42 Å². The molecule has 0 aromatic heterocycles. The second-order valence-corrected chi connectivity index (χ2v) is 6.76. The van der Waals surface area contributed by atoms with E-state index in [2.05, 4.69) is 0 Å². The second kappa shape index (κ2) is 3.31. The average Bonchev–Trinajstić information content (AvgIpc) is 2.67. The van der Waals surface area contributed by atoms with E-state index in [1.165, 1.54) is 0 Å². The van der Waals surface area contributed by atoms with Crippen LogP contribution in [0.2, 0.25) is 0 Å². The van der Waals surface area contributed by atoms with Crippen molar-refractivity contribution in [1.82, 2.24) is 4.31 Å². The highest BCUT2D eigenvalue weighted by Crippen LogP contribution is 2.44. The monoisotopic (exact) mass is 239 g/mol. The molecule has 1 heterocycles. The highest BCUT2D eigenvalue weighted by Gasteiger charge is 2.59. The molecule has 1 aliphatic rings. The van der Waals surface area contributed by atoms with Gasteiger partial charge < -0.3 is 0 Å². The van der Waals surface area contributed by atoms with Gasteiger partial charge in [0.2, 0.25) is 10.0 Å². The van der Waals surface area contributed by atoms with E-state index >= 15 is 0 Å². The molecule has 2 rings (SSSR count). The Morgan fingerprint density at radius 3 is 2.00 bits per heavy atom. The summed E-state index contributed by atoms with van der Waals surface area (Å²) in [7, 11) is -3.31. The lowest BCUT2D eigenvalue weighted by molar-refractivity contribution is 0.528. The molecule has 0 N–H and O–H groups in total. The number of hydrogen-bond acceptors (Lipinski definition) is 2. The Labute approximate surface area is 97.1 Å². The van der Waals surface area contributed by atoms with Gasteiger partial charge in [-0.05, 0) is 39.8 Å². The van der Waals surface area contributed by atoms with Crippen LogP contribution in [0.4, 0.5) is 0 Å². The lowest BCUT2D eigenvalue weighted by Crippen LogP contribution is -2.18. The summed E-state index contributed by atoms with van der Waals surface area (Å²) in [6.07, 6.45) is 0. The van der Waals surface area contributed by atoms with E-state index in [0.717, 1.165) is 5.56 Å². The van der Waals surface area contributed by atoms with Gasteiger partial charge in [-0.2, -0.15) is 4.31 Å². The summed E-state index contributed by atoms with van der Waals surface area (Å²) in [6, 6.07) is 7.08. The molecule has 1 saturated heterocycles. The van der Waals surface area contributed by atoms with Crippen molar-refractivity contribution in [2.75, 3.05) is 0 Å². The van der Waals surface area contributed by atoms with Crippen LogP contribution in [0.25, 0.3) is 0 Å². The summed E-state index contributed by atoms with van der Waals surface area (Å²) in [5, 5.41) is 0. The number of rotatable bonds is 2. The Morgan fingerprint density at radius 2 is 1.62 bits per heavy atom. The Morgan fingerprint density at radius 1 is 1.19 bits per heavy atom. The molecule has 0 radical (unpaired) electrons. The van der Waals surface area contributed by atoms with E-state index in [1.807, 2.05) is 39.8 Å². The van der Waals surface area contributed by atoms with Gasteiger partial charge in [-0.15, -0.1) is 0 Å². The maximum atomic E-state index is 12.3. The maximum Gasteiger partial charge on any atom is 0.243 e. The van der Waals surface area contributed by atoms with Gasteiger partial charge >= 0.3 is 0 Å². The first kappa shape index (κ1) is 11.6. The minimum Gasteiger partial charge on any atom is -0.207 e. The van der Waals surface area contributed by atoms with E-state index in [1.54, 1.807) is 16.4 Å². The van der Waals surface area contributed by atoms with Gasteiger partial charge in [0.25, 0.3) is 0 Å². The smallest absolute Gasteiger partial charge is 0.207 e. The average molecular weight is 239 g/mol. The van der Waals surface area contributed by atoms with Crippen LogP contribution in [0, 0.1) is 6.92 Å². The fourth-order valence-electron chi connectivity index (χ4n) is 1.99. The molecule has 2 atom stereocenters. The summed E-state index contributed by atoms with van der Waals surface area (Å²) in [4.78, 5) is 0.385. The van der Waals surface area contributed by atoms with Gasteiger partial charge in [0.1, 0.15) is 0 Å². The van der Waals surface area contributed by atoms with Gasteiger partial charge in [-0.1, -0.05) is 17.7 Å². The normalized spacial score (nSPS) is 27.8. The third-order valence-electron chi connectivity index (χ3n) is 3.45. The second-order valence-electron chi connectivity index (χ2n) is 4.94. The molecule has 3 nitrogen and oxygen atoms in total. The molecule has 1 fully saturated rings. The molecule has 1 aromatic rings. The van der Waals surface area contributed by atoms with E-state index < -0.39 is 10.0 Å². The number of sulfonamides is 1. The molecule has 16 heavy (non-hydrogen) atoms. The Kier molecular flexibility index (Phi) is 2.40. The van der Waals surface area contributed by atoms with Crippen molar-refractivity contribution in [3.63, 3.8) is 0 Å². The highest BCUT2D eigenvalue weighted by molar-refractivity contribution is 7.89. The van der Waals surface area contributed by atoms with E-state index in [9.17, 15) is 8.42 Å². The fourth-order valence-corrected chi connectivity index (χ4v) is 4.09. The topological polar surface area (TPSA) is 37.1 Å². The zero-order valence-corrected chi connectivity index (χ0v) is 10.9. The number of benzene rings is 1. The SMILES string of the molecule is Cc1ccc(S(=O)(=O)N2[C@H](C)C2(C)C)cc1. The lowest BCUT2D eigenvalue weighted by atomic mass is 10.2. The largest absolute Gasteiger partial charge is 0.243 e. The van der Waals surface area contributed by atoms with Crippen LogP contribution in [-0.4, -0.2) is 24.3 Å². The van der Waals surface area contributed by atoms with Gasteiger partial charge in [-0.3, -0.25) is 0 Å². The van der Waals surface area contributed by atoms with E-state index in [4.69, 9.17) is 0 Å². The molecule has 1 aromatic carbocycles. The third-order valence-corrected chi connectivity index (χ3v) is 5.62. The molecule has 0 bridgehead atoms. The number of hydrogen-bond donors (Lipinski definition) is 0. The van der Waals surface area contributed by atoms with Crippen LogP contribution in [0.1, 0.15) is 26.3 Å². The van der Waals surface area contributed by atoms with Crippen molar-refractivity contribution in [3.05, 3.63) is 29.8 Å². The zero-order chi connectivity index (χ0) is 12.1. The molecular weight excluding hydrogens is 222 g/mol. The highest BCUT2D eigenvalue weighted by atomic mass is 32.2. The van der Waals surface area contributed by atoms with Gasteiger partial charge in [0, 0.05) is 11.6 Å². The van der Waals surface area contributed by atoms with Crippen LogP contribution >= 0.6 is 0 Å². The predicted molar refractivity (Wildman–Crippen MR) is 63.7 cm³/mol. The Hall–Kier alpha value is -0.870. The minimum atomic E-state index is -3.31. The molecule has 1 aliphatic heterocycles. The maximum absolute atomic E-state index is 12.3. The van der Waals surface area contributed by atoms with Crippen molar-refractivity contribution in [2.24, 2.45) is 0 Å². The van der Waals surface area contributed by atoms with Crippen molar-refractivity contribution in [3.8, 4) is 0 Å². The first-order chi connectivity index (χ1) is 7.28. The number of aryl methyl sites for hydroxylation is 1. The van der Waals surface area contributed by atoms with Crippen molar-refractivity contribution in [1.29, 1.82) is 0 Å². The van der Waals surface area contributed by atoms with E-state index in [-0.39, 0.29) is 11.6 Å². The summed E-state index contributed by atoms with van der Waals surface area (Å²) < 4.78 is 26.1. The van der Waals surface area contributed by atoms with Gasteiger partial charge in [0.15, 0.2) is 0 Å². The summed E-state index contributed by atoms with van der Waals surface area (Å²) in [6.45, 7) is 7.78. The fraction of sp³-hybridized carbons (Fsp3) is 0.500. The minimum absolute atomic E-state index is 0.0822. The van der Waals surface area contributed by atoms with Crippen LogP contribution in [0.15, 0.2) is 29.2 Å². The number of nitrogens with zero attached hydrogens (tertiary/aromatic N) is 1. The van der Waals surface area contributed by atoms with Gasteiger partial charge in [0.05, 0.1) is 4.90 Å². The van der Waals surface area contributed by atoms with Crippen LogP contribution < -0.4 is 0 Å². The van der Waals surface area contributed by atoms with Crippen LogP contribution in [0.3, 0.4) is 0 Å². The zero-order valence-electron chi connectivity index (χ0n) is 10.1. The Bertz CT molecular complexity index is 502. The predicted octanol–water partition coefficient (Wildman–Crippen LogP) is 2.17. The standard InChI is InChI=1S/C12H17NO2S/c1-9-5-7-11(8-6-9)16(14,15)13-10(2)12(13,3)4/h5-8,10H,1-4H3/t10-,13?/m1/s1.